The van der Waals surface area contributed by atoms with Crippen LogP contribution >= 0.6 is 15.9 Å². The number of hydrogen-bond acceptors (Lipinski definition) is 5. The fraction of sp³-hybridized carbons (Fsp3) is 0.222. The molecule has 29 heavy (non-hydrogen) atoms. The van der Waals surface area contributed by atoms with Gasteiger partial charge in [-0.15, -0.1) is 0 Å². The highest BCUT2D eigenvalue weighted by Crippen LogP contribution is 2.44. The number of fused-ring (bicyclic) bond motifs is 1. The van der Waals surface area contributed by atoms with E-state index in [1.54, 1.807) is 18.2 Å². The summed E-state index contributed by atoms with van der Waals surface area (Å²) in [6, 6.07) is 4.86. The van der Waals surface area contributed by atoms with E-state index in [1.807, 2.05) is 0 Å². The smallest absolute Gasteiger partial charge is 0.410 e. The van der Waals surface area contributed by atoms with Crippen molar-refractivity contribution in [3.05, 3.63) is 58.6 Å². The molecule has 1 aliphatic heterocycles. The second-order valence-electron chi connectivity index (χ2n) is 6.47. The number of phenolic OH excluding ortho intramolecular Hbond substituents is 1. The lowest BCUT2D eigenvalue weighted by Crippen LogP contribution is -2.36. The molecule has 0 bridgehead atoms. The number of nitrogens with zero attached hydrogens (tertiary/aromatic N) is 2. The fourth-order valence-electron chi connectivity index (χ4n) is 3.20. The third-order valence-electron chi connectivity index (χ3n) is 4.58. The maximum atomic E-state index is 13.6. The zero-order chi connectivity index (χ0) is 20.8. The van der Waals surface area contributed by atoms with Crippen LogP contribution in [0.2, 0.25) is 0 Å². The Morgan fingerprint density at radius 1 is 1.38 bits per heavy atom. The monoisotopic (exact) mass is 470 g/mol. The molecule has 0 spiro atoms. The van der Waals surface area contributed by atoms with Crippen molar-refractivity contribution in [1.82, 2.24) is 9.78 Å². The highest BCUT2D eigenvalue weighted by Gasteiger charge is 2.47. The molecular weight excluding hydrogens is 457 g/mol. The molecule has 7 nitrogen and oxygen atoms in total. The second-order valence-corrected chi connectivity index (χ2v) is 7.39. The minimum absolute atomic E-state index is 0.0769. The van der Waals surface area contributed by atoms with Crippen LogP contribution < -0.4 is 10.6 Å². The van der Waals surface area contributed by atoms with Crippen molar-refractivity contribution >= 4 is 33.3 Å². The number of alkyl halides is 3. The summed E-state index contributed by atoms with van der Waals surface area (Å²) >= 11 is 3.23. The molecule has 3 aromatic rings. The lowest BCUT2D eigenvalue weighted by molar-refractivity contribution is -0.174. The van der Waals surface area contributed by atoms with Gasteiger partial charge in [0.15, 0.2) is 6.04 Å². The van der Waals surface area contributed by atoms with Crippen LogP contribution in [0.25, 0.3) is 0 Å². The molecule has 2 atom stereocenters. The summed E-state index contributed by atoms with van der Waals surface area (Å²) in [5.74, 6) is -0.653. The SMILES string of the molecule is O=C(Nc1cc(Br)ccc1O)c1cnn2c1N[C@H](c1ccco1)C[C@H]2C(F)(F)F. The highest BCUT2D eigenvalue weighted by molar-refractivity contribution is 9.10. The van der Waals surface area contributed by atoms with Gasteiger partial charge in [-0.05, 0) is 30.3 Å². The highest BCUT2D eigenvalue weighted by atomic mass is 79.9. The number of furan rings is 1. The summed E-state index contributed by atoms with van der Waals surface area (Å²) in [6.45, 7) is 0. The summed E-state index contributed by atoms with van der Waals surface area (Å²) in [4.78, 5) is 12.7. The molecule has 3 heterocycles. The predicted octanol–water partition coefficient (Wildman–Crippen LogP) is 4.86. The summed E-state index contributed by atoms with van der Waals surface area (Å²) in [5.41, 5.74) is 0.0185. The van der Waals surface area contributed by atoms with E-state index in [0.29, 0.717) is 10.2 Å². The lowest BCUT2D eigenvalue weighted by atomic mass is 10.0. The normalized spacial score (nSPS) is 18.8. The predicted molar refractivity (Wildman–Crippen MR) is 101 cm³/mol. The fourth-order valence-corrected chi connectivity index (χ4v) is 3.56. The minimum Gasteiger partial charge on any atom is -0.506 e. The van der Waals surface area contributed by atoms with Gasteiger partial charge in [-0.1, -0.05) is 15.9 Å². The first-order valence-electron chi connectivity index (χ1n) is 8.48. The average Bonchev–Trinajstić information content (AvgIpc) is 3.32. The molecule has 0 saturated carbocycles. The van der Waals surface area contributed by atoms with Crippen LogP contribution in [0.1, 0.15) is 34.6 Å². The van der Waals surface area contributed by atoms with Crippen molar-refractivity contribution < 1.29 is 27.5 Å². The first-order valence-corrected chi connectivity index (χ1v) is 9.27. The molecule has 0 saturated heterocycles. The number of carbonyl (C=O) groups is 1. The Kier molecular flexibility index (Phi) is 4.77. The molecule has 1 amide bonds. The van der Waals surface area contributed by atoms with Gasteiger partial charge in [0.05, 0.1) is 24.2 Å². The third-order valence-corrected chi connectivity index (χ3v) is 5.07. The molecule has 0 fully saturated rings. The number of benzene rings is 1. The Balaban J connectivity index is 1.70. The molecule has 0 radical (unpaired) electrons. The van der Waals surface area contributed by atoms with Crippen LogP contribution in [0.5, 0.6) is 5.75 Å². The number of anilines is 2. The molecule has 3 N–H and O–H groups in total. The minimum atomic E-state index is -4.57. The van der Waals surface area contributed by atoms with Gasteiger partial charge in [-0.3, -0.25) is 4.79 Å². The van der Waals surface area contributed by atoms with Crippen LogP contribution in [-0.2, 0) is 0 Å². The number of aromatic nitrogens is 2. The molecule has 1 aromatic carbocycles. The molecule has 11 heteroatoms. The average molecular weight is 471 g/mol. The van der Waals surface area contributed by atoms with E-state index in [1.165, 1.54) is 18.4 Å². The molecule has 2 aromatic heterocycles. The first-order chi connectivity index (χ1) is 13.7. The van der Waals surface area contributed by atoms with E-state index >= 15 is 0 Å². The Labute approximate surface area is 170 Å². The quantitative estimate of drug-likeness (QED) is 0.475. The van der Waals surface area contributed by atoms with Crippen LogP contribution in [0.3, 0.4) is 0 Å². The molecule has 152 valence electrons. The first kappa shape index (κ1) is 19.4. The number of hydrogen-bond donors (Lipinski definition) is 3. The number of phenols is 1. The molecule has 4 rings (SSSR count). The van der Waals surface area contributed by atoms with Crippen molar-refractivity contribution in [2.24, 2.45) is 0 Å². The van der Waals surface area contributed by atoms with E-state index in [9.17, 15) is 23.1 Å². The van der Waals surface area contributed by atoms with Crippen molar-refractivity contribution in [2.45, 2.75) is 24.7 Å². The summed E-state index contributed by atoms with van der Waals surface area (Å²) < 4.78 is 47.5. The Morgan fingerprint density at radius 2 is 2.17 bits per heavy atom. The zero-order valence-corrected chi connectivity index (χ0v) is 16.2. The van der Waals surface area contributed by atoms with E-state index < -0.39 is 24.2 Å². The lowest BCUT2D eigenvalue weighted by Gasteiger charge is -2.32. The number of carbonyl (C=O) groups excluding carboxylic acids is 1. The van der Waals surface area contributed by atoms with E-state index in [4.69, 9.17) is 4.42 Å². The number of nitrogens with one attached hydrogen (secondary N) is 2. The summed E-state index contributed by atoms with van der Waals surface area (Å²) in [7, 11) is 0. The van der Waals surface area contributed by atoms with E-state index in [-0.39, 0.29) is 29.2 Å². The summed E-state index contributed by atoms with van der Waals surface area (Å²) in [5, 5.41) is 19.1. The van der Waals surface area contributed by atoms with Gasteiger partial charge < -0.3 is 20.2 Å². The van der Waals surface area contributed by atoms with Gasteiger partial charge in [-0.2, -0.15) is 18.3 Å². The number of halogens is 4. The molecule has 0 aliphatic carbocycles. The Hall–Kier alpha value is -2.95. The maximum absolute atomic E-state index is 13.6. The topological polar surface area (TPSA) is 92.3 Å². The number of aromatic hydroxyl groups is 1. The number of amides is 1. The standard InChI is InChI=1S/C18H14BrF3N4O3/c19-9-3-4-13(27)11(6-9)25-17(28)10-8-23-26-15(18(20,21)22)7-12(24-16(10)26)14-2-1-5-29-14/h1-6,8,12,15,24,27H,7H2,(H,25,28)/t12-,15-/m0/s1. The van der Waals surface area contributed by atoms with Crippen LogP contribution in [0.4, 0.5) is 24.7 Å². The largest absolute Gasteiger partial charge is 0.506 e. The van der Waals surface area contributed by atoms with Crippen molar-refractivity contribution in [2.75, 3.05) is 10.6 Å². The van der Waals surface area contributed by atoms with Crippen molar-refractivity contribution in [1.29, 1.82) is 0 Å². The molecular formula is C18H14BrF3N4O3. The summed E-state index contributed by atoms with van der Waals surface area (Å²) in [6.07, 6.45) is -2.46. The Morgan fingerprint density at radius 3 is 2.86 bits per heavy atom. The van der Waals surface area contributed by atoms with Crippen molar-refractivity contribution in [3.8, 4) is 5.75 Å². The van der Waals surface area contributed by atoms with E-state index in [0.717, 1.165) is 10.9 Å². The van der Waals surface area contributed by atoms with Gasteiger partial charge >= 0.3 is 6.18 Å². The third kappa shape index (κ3) is 3.69. The maximum Gasteiger partial charge on any atom is 0.410 e. The van der Waals surface area contributed by atoms with Crippen LogP contribution in [0, 0.1) is 0 Å². The number of rotatable bonds is 3. The second kappa shape index (κ2) is 7.14. The van der Waals surface area contributed by atoms with Crippen LogP contribution in [0.15, 0.2) is 51.7 Å². The van der Waals surface area contributed by atoms with Crippen molar-refractivity contribution in [3.63, 3.8) is 0 Å². The molecule has 0 unspecified atom stereocenters. The Bertz CT molecular complexity index is 1050. The van der Waals surface area contributed by atoms with E-state index in [2.05, 4.69) is 31.7 Å². The zero-order valence-electron chi connectivity index (χ0n) is 14.6. The van der Waals surface area contributed by atoms with Crippen LogP contribution in [-0.4, -0.2) is 27.0 Å². The van der Waals surface area contributed by atoms with Gasteiger partial charge in [-0.25, -0.2) is 4.68 Å². The van der Waals surface area contributed by atoms with Gasteiger partial charge in [0.2, 0.25) is 0 Å². The van der Waals surface area contributed by atoms with Gasteiger partial charge in [0, 0.05) is 10.9 Å². The van der Waals surface area contributed by atoms with Gasteiger partial charge in [0.25, 0.3) is 5.91 Å². The molecule has 1 aliphatic rings. The van der Waals surface area contributed by atoms with Gasteiger partial charge in [0.1, 0.15) is 22.9 Å².